The molecule has 43 heavy (non-hydrogen) atoms. The average molecular weight is 590 g/mol. The number of carbonyl (C=O) groups excluding carboxylic acids is 1. The maximum absolute atomic E-state index is 13.1. The van der Waals surface area contributed by atoms with Crippen LogP contribution in [0, 0.1) is 0 Å². The van der Waals surface area contributed by atoms with Gasteiger partial charge in [-0.05, 0) is 62.7 Å². The number of nitrogens with zero attached hydrogens (tertiary/aromatic N) is 3. The monoisotopic (exact) mass is 589 g/mol. The number of hydroxylamine groups is 1. The predicted molar refractivity (Wildman–Crippen MR) is 178 cm³/mol. The number of amides is 1. The summed E-state index contributed by atoms with van der Waals surface area (Å²) in [5.74, 6) is 0.787. The summed E-state index contributed by atoms with van der Waals surface area (Å²) in [7, 11) is 1.50. The third-order valence-corrected chi connectivity index (χ3v) is 7.24. The molecule has 234 valence electrons. The van der Waals surface area contributed by atoms with Gasteiger partial charge in [-0.25, -0.2) is 4.98 Å². The van der Waals surface area contributed by atoms with Gasteiger partial charge in [0.15, 0.2) is 0 Å². The second-order valence-corrected chi connectivity index (χ2v) is 10.1. The fourth-order valence-electron chi connectivity index (χ4n) is 4.54. The highest BCUT2D eigenvalue weighted by Gasteiger charge is 2.22. The molecule has 1 aliphatic carbocycles. The molecule has 2 aliphatic rings. The van der Waals surface area contributed by atoms with E-state index in [1.165, 1.54) is 38.3 Å². The van der Waals surface area contributed by atoms with Crippen molar-refractivity contribution in [1.82, 2.24) is 19.9 Å². The Morgan fingerprint density at radius 1 is 1.05 bits per heavy atom. The summed E-state index contributed by atoms with van der Waals surface area (Å²) in [5.41, 5.74) is 11.7. The fraction of sp³-hybridized carbons (Fsp3) is 0.429. The van der Waals surface area contributed by atoms with Gasteiger partial charge in [0.05, 0.1) is 30.3 Å². The maximum atomic E-state index is 13.1. The zero-order chi connectivity index (χ0) is 31.6. The Bertz CT molecular complexity index is 1320. The number of ether oxygens (including phenoxy) is 1. The molecule has 2 fully saturated rings. The molecule has 1 amide bonds. The van der Waals surface area contributed by atoms with Gasteiger partial charge >= 0.3 is 0 Å². The average Bonchev–Trinajstić information content (AvgIpc) is 3.42. The molecule has 4 N–H and O–H groups in total. The van der Waals surface area contributed by atoms with Crippen molar-refractivity contribution in [2.24, 2.45) is 5.73 Å². The third-order valence-electron chi connectivity index (χ3n) is 7.24. The predicted octanol–water partition coefficient (Wildman–Crippen LogP) is 6.93. The van der Waals surface area contributed by atoms with Crippen LogP contribution >= 0.6 is 0 Å². The highest BCUT2D eigenvalue weighted by molar-refractivity contribution is 5.98. The number of morpholine rings is 1. The van der Waals surface area contributed by atoms with E-state index in [0.29, 0.717) is 37.6 Å². The Balaban J connectivity index is 0.000000719. The molecule has 8 heteroatoms. The first-order valence-electron chi connectivity index (χ1n) is 15.4. The van der Waals surface area contributed by atoms with Crippen molar-refractivity contribution in [3.05, 3.63) is 96.0 Å². The molecular weight excluding hydrogens is 538 g/mol. The van der Waals surface area contributed by atoms with E-state index in [2.05, 4.69) is 34.5 Å². The van der Waals surface area contributed by atoms with Crippen LogP contribution in [-0.4, -0.2) is 58.9 Å². The van der Waals surface area contributed by atoms with Crippen LogP contribution in [0.4, 0.5) is 0 Å². The number of carbonyl (C=O) groups is 1. The molecule has 1 aliphatic heterocycles. The van der Waals surface area contributed by atoms with Crippen molar-refractivity contribution in [2.45, 2.75) is 65.8 Å². The van der Waals surface area contributed by atoms with Gasteiger partial charge < -0.3 is 19.9 Å². The van der Waals surface area contributed by atoms with E-state index in [0.717, 1.165) is 28.9 Å². The normalized spacial score (nSPS) is 15.4. The summed E-state index contributed by atoms with van der Waals surface area (Å²) in [4.78, 5) is 19.9. The van der Waals surface area contributed by atoms with Crippen LogP contribution in [0.15, 0.2) is 79.0 Å². The van der Waals surface area contributed by atoms with Crippen molar-refractivity contribution in [3.63, 3.8) is 0 Å². The quantitative estimate of drug-likeness (QED) is 0.150. The molecule has 1 atom stereocenters. The number of benzene rings is 2. The lowest BCUT2D eigenvalue weighted by atomic mass is 10.0. The molecule has 1 aromatic heterocycles. The lowest BCUT2D eigenvalue weighted by molar-refractivity contribution is 0.0303. The van der Waals surface area contributed by atoms with Gasteiger partial charge in [0.1, 0.15) is 5.82 Å². The van der Waals surface area contributed by atoms with Gasteiger partial charge in [-0.15, -0.1) is 6.58 Å². The third kappa shape index (κ3) is 10.2. The van der Waals surface area contributed by atoms with E-state index >= 15 is 0 Å². The van der Waals surface area contributed by atoms with Crippen LogP contribution in [-0.2, 0) is 11.2 Å². The zero-order valence-electron chi connectivity index (χ0n) is 26.7. The van der Waals surface area contributed by atoms with Crippen LogP contribution in [0.25, 0.3) is 16.6 Å². The topological polar surface area (TPSA) is 106 Å². The Kier molecular flexibility index (Phi) is 16.1. The molecule has 0 bridgehead atoms. The van der Waals surface area contributed by atoms with Gasteiger partial charge in [-0.2, -0.15) is 0 Å². The first kappa shape index (κ1) is 35.5. The van der Waals surface area contributed by atoms with Crippen molar-refractivity contribution < 1.29 is 14.7 Å². The summed E-state index contributed by atoms with van der Waals surface area (Å²) in [6, 6.07) is 16.0. The molecule has 2 aromatic carbocycles. The molecule has 0 spiro atoms. The van der Waals surface area contributed by atoms with Crippen molar-refractivity contribution >= 4 is 22.5 Å². The van der Waals surface area contributed by atoms with E-state index in [9.17, 15) is 4.79 Å². The smallest absolute Gasteiger partial charge is 0.254 e. The molecule has 1 saturated heterocycles. The second kappa shape index (κ2) is 19.5. The van der Waals surface area contributed by atoms with E-state index in [-0.39, 0.29) is 11.9 Å². The molecule has 8 nitrogen and oxygen atoms in total. The van der Waals surface area contributed by atoms with Crippen molar-refractivity contribution in [3.8, 4) is 0 Å². The number of allylic oxidation sites excluding steroid dienone is 5. The number of fused-ring (bicyclic) bond motifs is 1. The van der Waals surface area contributed by atoms with Crippen LogP contribution in [0.3, 0.4) is 0 Å². The van der Waals surface area contributed by atoms with Crippen molar-refractivity contribution in [2.75, 3.05) is 33.4 Å². The zero-order valence-corrected chi connectivity index (χ0v) is 26.7. The van der Waals surface area contributed by atoms with Gasteiger partial charge in [-0.1, -0.05) is 82.0 Å². The van der Waals surface area contributed by atoms with Gasteiger partial charge in [-0.3, -0.25) is 15.5 Å². The highest BCUT2D eigenvalue weighted by Crippen LogP contribution is 2.29. The number of imidazole rings is 1. The molecule has 1 unspecified atom stereocenters. The number of hydrogen-bond acceptors (Lipinski definition) is 6. The molecular formula is C35H51N5O3. The molecule has 5 rings (SSSR count). The van der Waals surface area contributed by atoms with Crippen LogP contribution in [0.5, 0.6) is 0 Å². The van der Waals surface area contributed by atoms with Crippen LogP contribution < -0.4 is 11.2 Å². The minimum Gasteiger partial charge on any atom is -0.378 e. The minimum absolute atomic E-state index is 0.00398. The molecule has 3 aromatic rings. The maximum Gasteiger partial charge on any atom is 0.254 e. The summed E-state index contributed by atoms with van der Waals surface area (Å²) in [5, 5.41) is 9.14. The number of hydrogen-bond donors (Lipinski definition) is 3. The summed E-state index contributed by atoms with van der Waals surface area (Å²) < 4.78 is 7.57. The molecule has 0 radical (unpaired) electrons. The Morgan fingerprint density at radius 3 is 2.23 bits per heavy atom. The fourth-order valence-corrected chi connectivity index (χ4v) is 4.54. The lowest BCUT2D eigenvalue weighted by Crippen LogP contribution is -2.40. The number of rotatable bonds is 8. The first-order chi connectivity index (χ1) is 21.0. The van der Waals surface area contributed by atoms with Crippen molar-refractivity contribution in [1.29, 1.82) is 0 Å². The highest BCUT2D eigenvalue weighted by atomic mass is 16.5. The summed E-state index contributed by atoms with van der Waals surface area (Å²) >= 11 is 0. The minimum atomic E-state index is -0.0393. The first-order valence-corrected chi connectivity index (χ1v) is 15.4. The van der Waals surface area contributed by atoms with Crippen LogP contribution in [0.2, 0.25) is 0 Å². The SMILES string of the molecule is C1CCC1.C=CC(Cc1ccccc1)n1c(/C(C)=C/C=C(\C)NO)nc2cc(C(=O)N3CCOCC3)ccc21.CC.CN. The number of aromatic nitrogens is 2. The lowest BCUT2D eigenvalue weighted by Gasteiger charge is -2.26. The second-order valence-electron chi connectivity index (χ2n) is 10.1. The summed E-state index contributed by atoms with van der Waals surface area (Å²) in [6.45, 7) is 14.2. The standard InChI is InChI=1S/C28H32N4O3.C4H8.C2H6.CH5N/c1-4-24(18-22-8-6-5-7-9-22)32-26-13-12-23(28(33)31-14-16-35-17-15-31)19-25(26)29-27(32)20(2)10-11-21(3)30-34;1-2-4-3-1;2*1-2/h4-13,19,24,30,34H,1,14-18H2,2-3H3;1-4H2;1-2H3;2H2,1H3/b20-10+,21-11+;;;. The number of nitrogens with one attached hydrogen (secondary N) is 1. The van der Waals surface area contributed by atoms with Gasteiger partial charge in [0, 0.05) is 24.4 Å². The van der Waals surface area contributed by atoms with E-state index < -0.39 is 0 Å². The molecule has 2 heterocycles. The number of nitrogens with two attached hydrogens (primary N) is 1. The van der Waals surface area contributed by atoms with E-state index in [1.54, 1.807) is 13.0 Å². The Labute approximate surface area is 257 Å². The molecule has 1 saturated carbocycles. The van der Waals surface area contributed by atoms with Crippen LogP contribution in [0.1, 0.15) is 81.2 Å². The van der Waals surface area contributed by atoms with Gasteiger partial charge in [0.25, 0.3) is 5.91 Å². The Hall–Kier alpha value is -3.72. The Morgan fingerprint density at radius 2 is 1.67 bits per heavy atom. The summed E-state index contributed by atoms with van der Waals surface area (Å²) in [6.07, 6.45) is 12.4. The van der Waals surface area contributed by atoms with E-state index in [1.807, 2.05) is 74.2 Å². The van der Waals surface area contributed by atoms with E-state index in [4.69, 9.17) is 14.9 Å². The van der Waals surface area contributed by atoms with Gasteiger partial charge in [0.2, 0.25) is 0 Å². The largest absolute Gasteiger partial charge is 0.378 e.